The van der Waals surface area contributed by atoms with E-state index in [4.69, 9.17) is 0 Å². The molecule has 3 aromatic rings. The van der Waals surface area contributed by atoms with Crippen LogP contribution in [-0.4, -0.2) is 50.8 Å². The number of imide groups is 1. The summed E-state index contributed by atoms with van der Waals surface area (Å²) in [5.74, 6) is -0.985. The van der Waals surface area contributed by atoms with E-state index >= 15 is 0 Å². The number of carbonyl (C=O) groups excluding carboxylic acids is 5. The molecule has 2 aromatic carbocycles. The summed E-state index contributed by atoms with van der Waals surface area (Å²) in [6, 6.07) is 15.1. The van der Waals surface area contributed by atoms with Crippen LogP contribution in [0.15, 0.2) is 60.8 Å². The molecule has 188 valence electrons. The van der Waals surface area contributed by atoms with Crippen molar-refractivity contribution in [2.24, 2.45) is 0 Å². The summed E-state index contributed by atoms with van der Waals surface area (Å²) in [5.41, 5.74) is 1.13. The van der Waals surface area contributed by atoms with Crippen molar-refractivity contribution in [2.75, 3.05) is 4.90 Å². The number of para-hydroxylation sites is 1. The van der Waals surface area contributed by atoms with Crippen molar-refractivity contribution in [1.82, 2.24) is 9.88 Å². The van der Waals surface area contributed by atoms with Gasteiger partial charge in [-0.05, 0) is 51.0 Å². The van der Waals surface area contributed by atoms with Crippen molar-refractivity contribution in [1.29, 1.82) is 0 Å². The van der Waals surface area contributed by atoms with Crippen LogP contribution in [0.25, 0.3) is 10.9 Å². The van der Waals surface area contributed by atoms with Gasteiger partial charge in [-0.1, -0.05) is 30.3 Å². The zero-order valence-corrected chi connectivity index (χ0v) is 20.8. The number of nitrogens with zero attached hydrogens (tertiary/aromatic N) is 3. The van der Waals surface area contributed by atoms with Crippen LogP contribution in [0.4, 0.5) is 5.69 Å². The molecule has 0 unspecified atom stereocenters. The predicted molar refractivity (Wildman–Crippen MR) is 137 cm³/mol. The number of rotatable bonds is 2. The van der Waals surface area contributed by atoms with Crippen LogP contribution in [0.5, 0.6) is 0 Å². The van der Waals surface area contributed by atoms with Gasteiger partial charge in [0.25, 0.3) is 17.7 Å². The van der Waals surface area contributed by atoms with Gasteiger partial charge in [0.05, 0.1) is 27.9 Å². The second-order valence-corrected chi connectivity index (χ2v) is 9.97. The molecule has 0 radical (unpaired) electrons. The first kappa shape index (κ1) is 24.5. The molecular weight excluding hydrogens is 470 g/mol. The summed E-state index contributed by atoms with van der Waals surface area (Å²) >= 11 is 0. The number of ketones is 2. The van der Waals surface area contributed by atoms with E-state index in [1.165, 1.54) is 13.8 Å². The van der Waals surface area contributed by atoms with Crippen LogP contribution >= 0.6 is 0 Å². The highest BCUT2D eigenvalue weighted by Crippen LogP contribution is 2.47. The Kier molecular flexibility index (Phi) is 6.19. The Morgan fingerprint density at radius 2 is 1.57 bits per heavy atom. The quantitative estimate of drug-likeness (QED) is 0.494. The van der Waals surface area contributed by atoms with Crippen molar-refractivity contribution in [3.8, 4) is 0 Å². The van der Waals surface area contributed by atoms with Gasteiger partial charge in [0.2, 0.25) is 0 Å². The number of pyridine rings is 1. The Hall–Kier alpha value is -4.20. The van der Waals surface area contributed by atoms with Gasteiger partial charge in [0, 0.05) is 30.8 Å². The minimum Gasteiger partial charge on any atom is -0.302 e. The molecule has 2 atom stereocenters. The van der Waals surface area contributed by atoms with Crippen molar-refractivity contribution >= 4 is 45.9 Å². The Labute approximate surface area is 214 Å². The third-order valence-electron chi connectivity index (χ3n) is 7.17. The van der Waals surface area contributed by atoms with Crippen molar-refractivity contribution < 1.29 is 24.0 Å². The summed E-state index contributed by atoms with van der Waals surface area (Å²) in [5, 5.41) is 0.879. The molecule has 37 heavy (non-hydrogen) atoms. The van der Waals surface area contributed by atoms with Crippen LogP contribution in [0.1, 0.15) is 66.7 Å². The monoisotopic (exact) mass is 497 g/mol. The van der Waals surface area contributed by atoms with E-state index in [-0.39, 0.29) is 30.3 Å². The molecule has 8 nitrogen and oxygen atoms in total. The molecule has 0 bridgehead atoms. The number of hydrogen-bond acceptors (Lipinski definition) is 6. The summed E-state index contributed by atoms with van der Waals surface area (Å²) in [4.78, 5) is 69.7. The van der Waals surface area contributed by atoms with Crippen molar-refractivity contribution in [3.63, 3.8) is 0 Å². The Balaban J connectivity index is 0.000000655. The largest absolute Gasteiger partial charge is 0.302 e. The predicted octanol–water partition coefficient (Wildman–Crippen LogP) is 4.11. The lowest BCUT2D eigenvalue weighted by Crippen LogP contribution is -2.50. The molecule has 3 heterocycles. The zero-order chi connectivity index (χ0) is 26.3. The van der Waals surface area contributed by atoms with Crippen LogP contribution in [0.2, 0.25) is 0 Å². The molecule has 1 spiro atoms. The number of amides is 3. The number of aromatic nitrogens is 1. The Morgan fingerprint density at radius 3 is 2.22 bits per heavy atom. The summed E-state index contributed by atoms with van der Waals surface area (Å²) in [7, 11) is 0. The maximum Gasteiger partial charge on any atom is 0.262 e. The van der Waals surface area contributed by atoms with Crippen molar-refractivity contribution in [2.45, 2.75) is 57.5 Å². The van der Waals surface area contributed by atoms with E-state index in [9.17, 15) is 24.0 Å². The van der Waals surface area contributed by atoms with E-state index < -0.39 is 23.4 Å². The maximum atomic E-state index is 14.0. The molecule has 3 amide bonds. The summed E-state index contributed by atoms with van der Waals surface area (Å²) in [6.45, 7) is 3.06. The minimum atomic E-state index is -0.956. The van der Waals surface area contributed by atoms with E-state index in [0.29, 0.717) is 41.6 Å². The van der Waals surface area contributed by atoms with Crippen molar-refractivity contribution in [3.05, 3.63) is 71.9 Å². The van der Waals surface area contributed by atoms with E-state index in [0.717, 1.165) is 10.3 Å². The molecule has 8 heteroatoms. The molecule has 2 aliphatic heterocycles. The standard InChI is InChI=1S/C26H21N3O4.C3H6O/c30-17-8-4-12-26(14-17)15-21(28-23(31)18-9-1-2-10-19(18)24(28)32)25(33)29(26)20-11-3-6-16-7-5-13-27-22(16)20;1-3(2)4/h1-3,5-7,9-11,13,21H,4,8,12,14-15H2;1-2H3/t21-,26-;/m1./s1. The van der Waals surface area contributed by atoms with Gasteiger partial charge in [-0.3, -0.25) is 29.1 Å². The topological polar surface area (TPSA) is 105 Å². The normalized spacial score (nSPS) is 22.9. The van der Waals surface area contributed by atoms with Crippen LogP contribution < -0.4 is 4.90 Å². The lowest BCUT2D eigenvalue weighted by molar-refractivity contribution is -0.122. The first-order valence-electron chi connectivity index (χ1n) is 12.4. The van der Waals surface area contributed by atoms with E-state index in [2.05, 4.69) is 4.98 Å². The number of anilines is 1. The first-order valence-corrected chi connectivity index (χ1v) is 12.4. The second kappa shape index (κ2) is 9.35. The second-order valence-electron chi connectivity index (χ2n) is 9.97. The molecule has 1 aromatic heterocycles. The van der Waals surface area contributed by atoms with Gasteiger partial charge in [0.15, 0.2) is 0 Å². The van der Waals surface area contributed by atoms with Crippen LogP contribution in [0.3, 0.4) is 0 Å². The highest BCUT2D eigenvalue weighted by atomic mass is 16.2. The average Bonchev–Trinajstić information content (AvgIpc) is 3.27. The minimum absolute atomic E-state index is 0.0928. The number of carbonyl (C=O) groups is 5. The Morgan fingerprint density at radius 1 is 0.919 bits per heavy atom. The summed E-state index contributed by atoms with van der Waals surface area (Å²) < 4.78 is 0. The fourth-order valence-corrected chi connectivity index (χ4v) is 5.78. The molecule has 0 N–H and O–H groups in total. The number of hydrogen-bond donors (Lipinski definition) is 0. The van der Waals surface area contributed by atoms with Gasteiger partial charge in [-0.25, -0.2) is 0 Å². The number of fused-ring (bicyclic) bond motifs is 2. The van der Waals surface area contributed by atoms with Gasteiger partial charge in [0.1, 0.15) is 17.6 Å². The molecule has 1 saturated carbocycles. The number of Topliss-reactive ketones (excluding diaryl/α,β-unsaturated/α-hetero) is 2. The van der Waals surface area contributed by atoms with Gasteiger partial charge in [-0.15, -0.1) is 0 Å². The lowest BCUT2D eigenvalue weighted by atomic mass is 9.78. The fraction of sp³-hybridized carbons (Fsp3) is 0.310. The molecule has 1 saturated heterocycles. The van der Waals surface area contributed by atoms with Crippen LogP contribution in [-0.2, 0) is 14.4 Å². The molecule has 6 rings (SSSR count). The zero-order valence-electron chi connectivity index (χ0n) is 20.8. The lowest BCUT2D eigenvalue weighted by Gasteiger charge is -2.40. The van der Waals surface area contributed by atoms with E-state index in [1.807, 2.05) is 30.3 Å². The molecule has 2 fully saturated rings. The fourth-order valence-electron chi connectivity index (χ4n) is 5.78. The summed E-state index contributed by atoms with van der Waals surface area (Å²) in [6.07, 6.45) is 3.90. The highest BCUT2D eigenvalue weighted by Gasteiger charge is 2.58. The third-order valence-corrected chi connectivity index (χ3v) is 7.17. The molecule has 1 aliphatic carbocycles. The SMILES string of the molecule is CC(C)=O.O=C1CCC[C@@]2(C1)C[C@@H](N1C(=O)c3ccccc3C1=O)C(=O)N2c1cccc2cccnc12. The number of benzene rings is 2. The van der Waals surface area contributed by atoms with Gasteiger partial charge >= 0.3 is 0 Å². The maximum absolute atomic E-state index is 14.0. The van der Waals surface area contributed by atoms with E-state index in [1.54, 1.807) is 35.4 Å². The average molecular weight is 498 g/mol. The Bertz CT molecular complexity index is 1420. The van der Waals surface area contributed by atoms with Gasteiger partial charge in [-0.2, -0.15) is 0 Å². The highest BCUT2D eigenvalue weighted by molar-refractivity contribution is 6.24. The van der Waals surface area contributed by atoms with Crippen LogP contribution in [0, 0.1) is 0 Å². The van der Waals surface area contributed by atoms with Gasteiger partial charge < -0.3 is 9.69 Å². The smallest absolute Gasteiger partial charge is 0.262 e. The molecule has 3 aliphatic rings. The first-order chi connectivity index (χ1) is 17.7. The third kappa shape index (κ3) is 4.12. The molecular formula is C29H27N3O5.